The summed E-state index contributed by atoms with van der Waals surface area (Å²) in [5.74, 6) is -0.402. The van der Waals surface area contributed by atoms with Gasteiger partial charge in [0.2, 0.25) is 0 Å². The molecule has 2 aromatic heterocycles. The molecule has 2 saturated carbocycles. The largest absolute Gasteiger partial charge is 0.482 e. The standard InChI is InChI=1S/C29H37NO7/c1-5-6-9-23(32)36-22-13-18-16(2)19(31)10-11-28(18,3)26-25(33)24-21(37-29(22,26)4)14-20(35-27(24)34)17-8-7-12-30-15-17/h7-8,12,14-16,18-19,22,25-26,31,33H,5-6,9-11,13H2,1-4H3/t16-,18?,19?,22?,25?,26?,28?,29?/m1/s1. The van der Waals surface area contributed by atoms with Crippen molar-refractivity contribution in [3.8, 4) is 17.1 Å². The zero-order valence-electron chi connectivity index (χ0n) is 22.0. The minimum atomic E-state index is -1.18. The van der Waals surface area contributed by atoms with E-state index in [0.717, 1.165) is 12.8 Å². The Kier molecular flexibility index (Phi) is 6.69. The summed E-state index contributed by atoms with van der Waals surface area (Å²) in [5, 5.41) is 22.6. The molecule has 37 heavy (non-hydrogen) atoms. The first-order valence-electron chi connectivity index (χ1n) is 13.4. The van der Waals surface area contributed by atoms with Gasteiger partial charge in [0.15, 0.2) is 0 Å². The zero-order valence-corrected chi connectivity index (χ0v) is 22.0. The molecule has 8 heteroatoms. The van der Waals surface area contributed by atoms with Gasteiger partial charge in [-0.15, -0.1) is 0 Å². The van der Waals surface area contributed by atoms with Crippen LogP contribution in [0.3, 0.4) is 0 Å². The topological polar surface area (TPSA) is 119 Å². The monoisotopic (exact) mass is 511 g/mol. The van der Waals surface area contributed by atoms with Gasteiger partial charge in [0, 0.05) is 36.4 Å². The fourth-order valence-corrected chi connectivity index (χ4v) is 7.36. The maximum absolute atomic E-state index is 13.3. The number of carbonyl (C=O) groups excluding carboxylic acids is 1. The Labute approximate surface area is 217 Å². The Morgan fingerprint density at radius 1 is 1.30 bits per heavy atom. The van der Waals surface area contributed by atoms with E-state index in [1.54, 1.807) is 30.6 Å². The molecule has 0 spiro atoms. The maximum Gasteiger partial charge on any atom is 0.345 e. The Morgan fingerprint density at radius 2 is 2.08 bits per heavy atom. The van der Waals surface area contributed by atoms with Gasteiger partial charge < -0.3 is 24.1 Å². The third-order valence-corrected chi connectivity index (χ3v) is 9.35. The summed E-state index contributed by atoms with van der Waals surface area (Å²) in [6.07, 6.45) is 4.59. The number of aliphatic hydroxyl groups excluding tert-OH is 2. The average molecular weight is 512 g/mol. The lowest BCUT2D eigenvalue weighted by Crippen LogP contribution is -2.69. The first-order valence-corrected chi connectivity index (χ1v) is 13.4. The van der Waals surface area contributed by atoms with Crippen LogP contribution in [0.1, 0.15) is 77.9 Å². The van der Waals surface area contributed by atoms with Crippen molar-refractivity contribution in [3.05, 3.63) is 46.6 Å². The van der Waals surface area contributed by atoms with Gasteiger partial charge in [-0.2, -0.15) is 0 Å². The summed E-state index contributed by atoms with van der Waals surface area (Å²) >= 11 is 0. The van der Waals surface area contributed by atoms with Crippen LogP contribution in [-0.4, -0.2) is 39.0 Å². The molecular formula is C29H37NO7. The normalized spacial score (nSPS) is 36.5. The zero-order chi connectivity index (χ0) is 26.5. The van der Waals surface area contributed by atoms with Crippen LogP contribution in [0.4, 0.5) is 0 Å². The van der Waals surface area contributed by atoms with Crippen molar-refractivity contribution < 1.29 is 28.9 Å². The van der Waals surface area contributed by atoms with Gasteiger partial charge in [-0.25, -0.2) is 4.79 Å². The second-order valence-electron chi connectivity index (χ2n) is 11.5. The van der Waals surface area contributed by atoms with Gasteiger partial charge >= 0.3 is 11.6 Å². The smallest absolute Gasteiger partial charge is 0.345 e. The minimum Gasteiger partial charge on any atom is -0.482 e. The van der Waals surface area contributed by atoms with E-state index in [4.69, 9.17) is 13.9 Å². The molecule has 8 atom stereocenters. The summed E-state index contributed by atoms with van der Waals surface area (Å²) in [7, 11) is 0. The number of pyridine rings is 1. The van der Waals surface area contributed by atoms with E-state index in [-0.39, 0.29) is 34.9 Å². The molecule has 2 aliphatic carbocycles. The van der Waals surface area contributed by atoms with Crippen molar-refractivity contribution in [1.29, 1.82) is 0 Å². The third kappa shape index (κ3) is 4.18. The molecule has 2 aromatic rings. The van der Waals surface area contributed by atoms with Crippen LogP contribution in [-0.2, 0) is 9.53 Å². The van der Waals surface area contributed by atoms with Crippen LogP contribution in [0.2, 0.25) is 0 Å². The Morgan fingerprint density at radius 3 is 2.78 bits per heavy atom. The van der Waals surface area contributed by atoms with Crippen molar-refractivity contribution in [2.75, 3.05) is 0 Å². The van der Waals surface area contributed by atoms with Gasteiger partial charge in [-0.05, 0) is 62.0 Å². The number of fused-ring (bicyclic) bond motifs is 4. The predicted molar refractivity (Wildman–Crippen MR) is 136 cm³/mol. The Balaban J connectivity index is 1.62. The molecule has 8 nitrogen and oxygen atoms in total. The van der Waals surface area contributed by atoms with Gasteiger partial charge in [0.05, 0.1) is 12.2 Å². The quantitative estimate of drug-likeness (QED) is 0.566. The predicted octanol–water partition coefficient (Wildman–Crippen LogP) is 4.42. The fraction of sp³-hybridized carbons (Fsp3) is 0.621. The molecule has 0 amide bonds. The van der Waals surface area contributed by atoms with Crippen molar-refractivity contribution in [1.82, 2.24) is 4.98 Å². The first-order chi connectivity index (χ1) is 17.6. The van der Waals surface area contributed by atoms with E-state index in [9.17, 15) is 19.8 Å². The SMILES string of the molecule is CCCCC(=O)OC1CC2[C@@H](C)C(O)CCC2(C)C2C(O)c3c(cc(-c4cccnc4)oc3=O)OC12C. The molecule has 0 saturated heterocycles. The molecule has 0 bridgehead atoms. The summed E-state index contributed by atoms with van der Waals surface area (Å²) in [5.41, 5.74) is -1.49. The molecule has 200 valence electrons. The lowest BCUT2D eigenvalue weighted by molar-refractivity contribution is -0.249. The van der Waals surface area contributed by atoms with Crippen molar-refractivity contribution in [2.24, 2.45) is 23.2 Å². The first kappa shape index (κ1) is 25.9. The Bertz CT molecular complexity index is 1210. The van der Waals surface area contributed by atoms with E-state index in [2.05, 4.69) is 11.9 Å². The van der Waals surface area contributed by atoms with Gasteiger partial charge in [0.1, 0.15) is 28.8 Å². The number of hydrogen-bond donors (Lipinski definition) is 2. The lowest BCUT2D eigenvalue weighted by Gasteiger charge is -2.63. The number of rotatable bonds is 5. The van der Waals surface area contributed by atoms with Crippen LogP contribution < -0.4 is 10.4 Å². The number of nitrogens with zero attached hydrogens (tertiary/aromatic N) is 1. The fourth-order valence-electron chi connectivity index (χ4n) is 7.36. The summed E-state index contributed by atoms with van der Waals surface area (Å²) in [6.45, 7) is 8.03. The molecule has 5 rings (SSSR count). The third-order valence-electron chi connectivity index (χ3n) is 9.35. The van der Waals surface area contributed by atoms with Crippen molar-refractivity contribution in [3.63, 3.8) is 0 Å². The van der Waals surface area contributed by atoms with Crippen LogP contribution in [0.25, 0.3) is 11.3 Å². The number of esters is 1. The summed E-state index contributed by atoms with van der Waals surface area (Å²) in [4.78, 5) is 30.2. The number of unbranched alkanes of at least 4 members (excludes halogenated alkanes) is 1. The van der Waals surface area contributed by atoms with Crippen LogP contribution in [0.5, 0.6) is 5.75 Å². The van der Waals surface area contributed by atoms with E-state index >= 15 is 0 Å². The van der Waals surface area contributed by atoms with Crippen LogP contribution in [0, 0.1) is 23.2 Å². The number of hydrogen-bond acceptors (Lipinski definition) is 8. The highest BCUT2D eigenvalue weighted by molar-refractivity contribution is 5.69. The van der Waals surface area contributed by atoms with Gasteiger partial charge in [-0.1, -0.05) is 27.2 Å². The molecule has 7 unspecified atom stereocenters. The van der Waals surface area contributed by atoms with E-state index in [1.807, 2.05) is 20.8 Å². The molecule has 0 aromatic carbocycles. The van der Waals surface area contributed by atoms with E-state index < -0.39 is 40.9 Å². The molecule has 3 heterocycles. The highest BCUT2D eigenvalue weighted by Crippen LogP contribution is 2.64. The summed E-state index contributed by atoms with van der Waals surface area (Å²) in [6, 6.07) is 5.14. The van der Waals surface area contributed by atoms with Crippen LogP contribution >= 0.6 is 0 Å². The second-order valence-corrected chi connectivity index (χ2v) is 11.5. The molecule has 1 aliphatic heterocycles. The second kappa shape index (κ2) is 9.55. The van der Waals surface area contributed by atoms with E-state index in [1.165, 1.54) is 0 Å². The van der Waals surface area contributed by atoms with Crippen molar-refractivity contribution >= 4 is 5.97 Å². The average Bonchev–Trinajstić information content (AvgIpc) is 2.86. The lowest BCUT2D eigenvalue weighted by atomic mass is 9.46. The van der Waals surface area contributed by atoms with Crippen LogP contribution in [0.15, 0.2) is 39.8 Å². The Hall–Kier alpha value is -2.71. The minimum absolute atomic E-state index is 0.0280. The number of aliphatic hydroxyl groups is 2. The number of carbonyl (C=O) groups is 1. The molecule has 2 fully saturated rings. The number of aromatic nitrogens is 1. The van der Waals surface area contributed by atoms with Gasteiger partial charge in [-0.3, -0.25) is 9.78 Å². The van der Waals surface area contributed by atoms with Crippen molar-refractivity contribution in [2.45, 2.75) is 90.1 Å². The highest BCUT2D eigenvalue weighted by atomic mass is 16.6. The van der Waals surface area contributed by atoms with E-state index in [0.29, 0.717) is 31.2 Å². The molecule has 0 radical (unpaired) electrons. The number of ether oxygens (including phenoxy) is 2. The molecular weight excluding hydrogens is 474 g/mol. The highest BCUT2D eigenvalue weighted by Gasteiger charge is 2.67. The molecule has 3 aliphatic rings. The maximum atomic E-state index is 13.3. The molecule has 2 N–H and O–H groups in total. The summed E-state index contributed by atoms with van der Waals surface area (Å²) < 4.78 is 18.4. The van der Waals surface area contributed by atoms with Gasteiger partial charge in [0.25, 0.3) is 0 Å².